The second-order valence-electron chi connectivity index (χ2n) is 5.68. The van der Waals surface area contributed by atoms with Crippen LogP contribution in [0.5, 0.6) is 11.8 Å². The van der Waals surface area contributed by atoms with E-state index in [0.717, 1.165) is 21.7 Å². The highest BCUT2D eigenvalue weighted by molar-refractivity contribution is 8.00. The highest BCUT2D eigenvalue weighted by Gasteiger charge is 2.22. The maximum atomic E-state index is 5.94. The van der Waals surface area contributed by atoms with E-state index >= 15 is 0 Å². The molecule has 24 heavy (non-hydrogen) atoms. The van der Waals surface area contributed by atoms with Crippen LogP contribution in [0.25, 0.3) is 10.9 Å². The first kappa shape index (κ1) is 15.2. The summed E-state index contributed by atoms with van der Waals surface area (Å²) >= 11 is 1.95. The van der Waals surface area contributed by atoms with Crippen LogP contribution in [0.3, 0.4) is 0 Å². The Balaban J connectivity index is 1.54. The quantitative estimate of drug-likeness (QED) is 0.679. The van der Waals surface area contributed by atoms with Gasteiger partial charge in [0.25, 0.3) is 0 Å². The normalized spacial score (nSPS) is 13.9. The zero-order chi connectivity index (χ0) is 16.4. The van der Waals surface area contributed by atoms with Crippen LogP contribution in [0.4, 0.5) is 0 Å². The highest BCUT2D eigenvalue weighted by atomic mass is 32.2. The van der Waals surface area contributed by atoms with Crippen molar-refractivity contribution in [2.24, 2.45) is 0 Å². The monoisotopic (exact) mass is 339 g/mol. The Hall–Kier alpha value is -2.34. The fourth-order valence-corrected chi connectivity index (χ4v) is 3.51. The van der Waals surface area contributed by atoms with Gasteiger partial charge in [-0.05, 0) is 30.5 Å². The van der Waals surface area contributed by atoms with E-state index in [1.807, 2.05) is 11.8 Å². The maximum absolute atomic E-state index is 5.94. The molecule has 1 aromatic carbocycles. The minimum Gasteiger partial charge on any atom is -0.481 e. The van der Waals surface area contributed by atoms with Crippen LogP contribution in [0.15, 0.2) is 47.8 Å². The average molecular weight is 339 g/mol. The van der Waals surface area contributed by atoms with Gasteiger partial charge in [0.2, 0.25) is 11.8 Å². The van der Waals surface area contributed by atoms with E-state index in [9.17, 15) is 0 Å². The molecule has 0 spiro atoms. The number of rotatable bonds is 6. The summed E-state index contributed by atoms with van der Waals surface area (Å²) in [6.07, 6.45) is 5.81. The first-order valence-electron chi connectivity index (χ1n) is 7.85. The van der Waals surface area contributed by atoms with Crippen LogP contribution in [-0.2, 0) is 6.61 Å². The van der Waals surface area contributed by atoms with Gasteiger partial charge in [0.05, 0.1) is 24.2 Å². The van der Waals surface area contributed by atoms with E-state index in [2.05, 4.69) is 39.2 Å². The molecule has 2 heterocycles. The van der Waals surface area contributed by atoms with E-state index < -0.39 is 0 Å². The Labute approximate surface area is 144 Å². The van der Waals surface area contributed by atoms with Gasteiger partial charge in [0, 0.05) is 16.2 Å². The van der Waals surface area contributed by atoms with Crippen molar-refractivity contribution in [2.45, 2.75) is 29.6 Å². The summed E-state index contributed by atoms with van der Waals surface area (Å²) in [5.41, 5.74) is 1.87. The number of thioether (sulfide) groups is 1. The third-order valence-electron chi connectivity index (χ3n) is 3.77. The first-order chi connectivity index (χ1) is 11.8. The molecule has 4 rings (SSSR count). The number of nitrogens with zero attached hydrogens (tertiary/aromatic N) is 3. The fraction of sp³-hybridized carbons (Fsp3) is 0.278. The number of pyridine rings is 1. The summed E-state index contributed by atoms with van der Waals surface area (Å²) in [6.45, 7) is 0.468. The van der Waals surface area contributed by atoms with Crippen LogP contribution >= 0.6 is 11.8 Å². The number of methoxy groups -OCH3 is 1. The molecular weight excluding hydrogens is 322 g/mol. The summed E-state index contributed by atoms with van der Waals surface area (Å²) in [5, 5.41) is 1.60. The zero-order valence-corrected chi connectivity index (χ0v) is 14.1. The molecule has 1 fully saturated rings. The summed E-state index contributed by atoms with van der Waals surface area (Å²) < 4.78 is 11.1. The molecule has 0 amide bonds. The van der Waals surface area contributed by atoms with Crippen LogP contribution in [0.1, 0.15) is 18.4 Å². The lowest BCUT2D eigenvalue weighted by Gasteiger charge is -2.09. The molecule has 0 saturated heterocycles. The summed E-state index contributed by atoms with van der Waals surface area (Å²) in [4.78, 5) is 13.9. The van der Waals surface area contributed by atoms with E-state index in [1.54, 1.807) is 19.4 Å². The lowest BCUT2D eigenvalue weighted by Crippen LogP contribution is -1.99. The molecule has 0 aliphatic heterocycles. The Morgan fingerprint density at radius 1 is 1.17 bits per heavy atom. The Bertz CT molecular complexity index is 868. The second-order valence-corrected chi connectivity index (χ2v) is 7.05. The van der Waals surface area contributed by atoms with E-state index in [0.29, 0.717) is 18.4 Å². The molecule has 2 aromatic heterocycles. The molecular formula is C18H17N3O2S. The number of hydrogen-bond donors (Lipinski definition) is 0. The minimum atomic E-state index is 0.468. The van der Waals surface area contributed by atoms with Gasteiger partial charge in [-0.15, -0.1) is 11.8 Å². The van der Waals surface area contributed by atoms with Crippen LogP contribution in [0, 0.1) is 0 Å². The molecule has 3 aromatic rings. The number of benzene rings is 1. The van der Waals surface area contributed by atoms with E-state index in [1.165, 1.54) is 24.1 Å². The third kappa shape index (κ3) is 3.43. The Kier molecular flexibility index (Phi) is 4.21. The lowest BCUT2D eigenvalue weighted by molar-refractivity contribution is 0.297. The molecule has 122 valence electrons. The van der Waals surface area contributed by atoms with Gasteiger partial charge in [-0.2, -0.15) is 0 Å². The molecule has 5 nitrogen and oxygen atoms in total. The van der Waals surface area contributed by atoms with Gasteiger partial charge in [-0.1, -0.05) is 12.1 Å². The Morgan fingerprint density at radius 2 is 2.08 bits per heavy atom. The largest absolute Gasteiger partial charge is 0.481 e. The van der Waals surface area contributed by atoms with Crippen molar-refractivity contribution in [1.82, 2.24) is 15.0 Å². The SMILES string of the molecule is COc1cc2c(OCc3cccc(SC4CC4)c3)ncnc2cn1. The van der Waals surface area contributed by atoms with Crippen molar-refractivity contribution >= 4 is 22.7 Å². The molecule has 1 aliphatic rings. The molecule has 0 unspecified atom stereocenters. The van der Waals surface area contributed by atoms with E-state index in [-0.39, 0.29) is 0 Å². The maximum Gasteiger partial charge on any atom is 0.225 e. The van der Waals surface area contributed by atoms with Gasteiger partial charge in [-0.3, -0.25) is 0 Å². The molecule has 1 saturated carbocycles. The number of hydrogen-bond acceptors (Lipinski definition) is 6. The van der Waals surface area contributed by atoms with Gasteiger partial charge < -0.3 is 9.47 Å². The topological polar surface area (TPSA) is 57.1 Å². The van der Waals surface area contributed by atoms with Crippen molar-refractivity contribution in [3.05, 3.63) is 48.4 Å². The highest BCUT2D eigenvalue weighted by Crippen LogP contribution is 2.39. The van der Waals surface area contributed by atoms with Crippen LogP contribution < -0.4 is 9.47 Å². The zero-order valence-electron chi connectivity index (χ0n) is 13.3. The summed E-state index contributed by atoms with van der Waals surface area (Å²) in [5.74, 6) is 1.06. The fourth-order valence-electron chi connectivity index (χ4n) is 2.38. The van der Waals surface area contributed by atoms with Gasteiger partial charge >= 0.3 is 0 Å². The van der Waals surface area contributed by atoms with Gasteiger partial charge in [0.1, 0.15) is 12.9 Å². The van der Waals surface area contributed by atoms with Crippen molar-refractivity contribution in [2.75, 3.05) is 7.11 Å². The van der Waals surface area contributed by atoms with Crippen molar-refractivity contribution < 1.29 is 9.47 Å². The number of ether oxygens (including phenoxy) is 2. The standard InChI is InChI=1S/C18H17N3O2S/c1-22-17-8-15-16(9-19-17)20-11-21-18(15)23-10-12-3-2-4-14(7-12)24-13-5-6-13/h2-4,7-9,11,13H,5-6,10H2,1H3. The van der Waals surface area contributed by atoms with Crippen molar-refractivity contribution in [1.29, 1.82) is 0 Å². The molecule has 6 heteroatoms. The minimum absolute atomic E-state index is 0.468. The number of aromatic nitrogens is 3. The summed E-state index contributed by atoms with van der Waals surface area (Å²) in [6, 6.07) is 10.3. The van der Waals surface area contributed by atoms with Gasteiger partial charge in [-0.25, -0.2) is 15.0 Å². The molecule has 1 aliphatic carbocycles. The molecule has 0 N–H and O–H groups in total. The van der Waals surface area contributed by atoms with E-state index in [4.69, 9.17) is 9.47 Å². The third-order valence-corrected chi connectivity index (χ3v) is 5.10. The Morgan fingerprint density at radius 3 is 2.92 bits per heavy atom. The van der Waals surface area contributed by atoms with Crippen LogP contribution in [0.2, 0.25) is 0 Å². The molecule has 0 atom stereocenters. The van der Waals surface area contributed by atoms with Crippen LogP contribution in [-0.4, -0.2) is 27.3 Å². The summed E-state index contributed by atoms with van der Waals surface area (Å²) in [7, 11) is 1.58. The van der Waals surface area contributed by atoms with Crippen molar-refractivity contribution in [3.8, 4) is 11.8 Å². The lowest BCUT2D eigenvalue weighted by atomic mass is 10.2. The molecule has 0 radical (unpaired) electrons. The van der Waals surface area contributed by atoms with Crippen molar-refractivity contribution in [3.63, 3.8) is 0 Å². The predicted molar refractivity (Wildman–Crippen MR) is 93.5 cm³/mol. The second kappa shape index (κ2) is 6.65. The molecule has 0 bridgehead atoms. The average Bonchev–Trinajstić information content (AvgIpc) is 3.43. The predicted octanol–water partition coefficient (Wildman–Crippen LogP) is 3.87. The smallest absolute Gasteiger partial charge is 0.225 e. The first-order valence-corrected chi connectivity index (χ1v) is 8.73. The number of fused-ring (bicyclic) bond motifs is 1. The van der Waals surface area contributed by atoms with Gasteiger partial charge in [0.15, 0.2) is 0 Å².